The van der Waals surface area contributed by atoms with Crippen molar-refractivity contribution in [2.75, 3.05) is 31.6 Å². The predicted octanol–water partition coefficient (Wildman–Crippen LogP) is 2.98. The number of hydrogen-bond donors (Lipinski definition) is 5. The second-order valence-electron chi connectivity index (χ2n) is 10.7. The maximum Gasteiger partial charge on any atom is 0.251 e. The van der Waals surface area contributed by atoms with Gasteiger partial charge in [0.1, 0.15) is 6.07 Å². The van der Waals surface area contributed by atoms with Gasteiger partial charge in [0.25, 0.3) is 5.91 Å². The Morgan fingerprint density at radius 3 is 2.73 bits per heavy atom. The van der Waals surface area contributed by atoms with E-state index in [2.05, 4.69) is 31.2 Å². The number of aromatic nitrogens is 3. The number of rotatable bonds is 11. The highest BCUT2D eigenvalue weighted by Gasteiger charge is 2.38. The standard InChI is InChI=1S/C31H32F2N8O4/c1-3-31(44)15-22(39-17-31)30(43)37-10-9-36-29(42)20-5-4-19(14-18(20)2)40-27-28-38-16-23(41(28)12-11-35-27)21-6-7-24(45-13-8-34)26(33)25(21)32/h4-7,11-12,14,16,22,39,44H,3,9-10,13,15,17H2,1-2H3,(H,35,40)(H,36,42)(H,37,43)/t22-,31-/m0/s1. The lowest BCUT2D eigenvalue weighted by atomic mass is 9.97. The quantitative estimate of drug-likeness (QED) is 0.159. The van der Waals surface area contributed by atoms with Crippen molar-refractivity contribution in [3.05, 3.63) is 71.7 Å². The van der Waals surface area contributed by atoms with Gasteiger partial charge in [-0.2, -0.15) is 9.65 Å². The van der Waals surface area contributed by atoms with Crippen LogP contribution in [0.4, 0.5) is 20.3 Å². The number of anilines is 2. The Balaban J connectivity index is 1.22. The van der Waals surface area contributed by atoms with Crippen LogP contribution in [0, 0.1) is 29.9 Å². The number of nitrogens with one attached hydrogen (secondary N) is 4. The molecular formula is C31H32F2N8O4. The van der Waals surface area contributed by atoms with Crippen LogP contribution in [0.5, 0.6) is 5.75 Å². The summed E-state index contributed by atoms with van der Waals surface area (Å²) in [6.45, 7) is 4.08. The normalized spacial score (nSPS) is 17.6. The van der Waals surface area contributed by atoms with Gasteiger partial charge in [-0.3, -0.25) is 14.0 Å². The molecule has 0 saturated carbocycles. The SMILES string of the molecule is CC[C@@]1(O)CN[C@H](C(=O)NCCNC(=O)c2ccc(Nc3nccn4c(-c5ccc(OCC#N)c(F)c5F)cnc34)cc2C)C1. The zero-order chi connectivity index (χ0) is 32.1. The Bertz CT molecular complexity index is 1790. The van der Waals surface area contributed by atoms with Gasteiger partial charge in [-0.1, -0.05) is 6.92 Å². The first-order valence-electron chi connectivity index (χ1n) is 14.3. The molecule has 0 radical (unpaired) electrons. The van der Waals surface area contributed by atoms with E-state index in [1.807, 2.05) is 6.92 Å². The number of amides is 2. The molecule has 2 atom stereocenters. The Hall–Kier alpha value is -5.13. The van der Waals surface area contributed by atoms with Crippen LogP contribution in [-0.2, 0) is 4.79 Å². The minimum absolute atomic E-state index is 0.0499. The summed E-state index contributed by atoms with van der Waals surface area (Å²) in [6.07, 6.45) is 5.35. The Labute approximate surface area is 257 Å². The van der Waals surface area contributed by atoms with E-state index in [9.17, 15) is 23.5 Å². The zero-order valence-electron chi connectivity index (χ0n) is 24.7. The number of nitrogens with zero attached hydrogens (tertiary/aromatic N) is 4. The molecule has 5 rings (SSSR count). The van der Waals surface area contributed by atoms with Gasteiger partial charge in [-0.25, -0.2) is 14.4 Å². The highest BCUT2D eigenvalue weighted by Crippen LogP contribution is 2.32. The van der Waals surface area contributed by atoms with Crippen molar-refractivity contribution in [1.82, 2.24) is 30.3 Å². The van der Waals surface area contributed by atoms with Crippen molar-refractivity contribution in [1.29, 1.82) is 5.26 Å². The Morgan fingerprint density at radius 2 is 2.00 bits per heavy atom. The summed E-state index contributed by atoms with van der Waals surface area (Å²) in [6, 6.07) is 8.98. The van der Waals surface area contributed by atoms with Crippen LogP contribution < -0.4 is 26.0 Å². The molecule has 2 aromatic heterocycles. The first-order chi connectivity index (χ1) is 21.6. The first kappa shape index (κ1) is 31.3. The van der Waals surface area contributed by atoms with E-state index in [4.69, 9.17) is 10.00 Å². The van der Waals surface area contributed by atoms with Crippen LogP contribution in [0.2, 0.25) is 0 Å². The molecule has 1 aliphatic rings. The monoisotopic (exact) mass is 618 g/mol. The summed E-state index contributed by atoms with van der Waals surface area (Å²) >= 11 is 0. The molecule has 4 aromatic rings. The van der Waals surface area contributed by atoms with Crippen LogP contribution in [0.15, 0.2) is 48.9 Å². The molecule has 0 bridgehead atoms. The van der Waals surface area contributed by atoms with Crippen LogP contribution in [0.1, 0.15) is 35.7 Å². The number of hydrogen-bond acceptors (Lipinski definition) is 9. The molecular weight excluding hydrogens is 586 g/mol. The highest BCUT2D eigenvalue weighted by atomic mass is 19.2. The number of ether oxygens (including phenoxy) is 1. The largest absolute Gasteiger partial charge is 0.476 e. The first-order valence-corrected chi connectivity index (χ1v) is 14.3. The zero-order valence-corrected chi connectivity index (χ0v) is 24.7. The van der Waals surface area contributed by atoms with Gasteiger partial charge in [0.2, 0.25) is 11.7 Å². The maximum atomic E-state index is 14.9. The van der Waals surface area contributed by atoms with Gasteiger partial charge in [0.15, 0.2) is 29.6 Å². The number of aliphatic hydroxyl groups is 1. The number of benzene rings is 2. The van der Waals surface area contributed by atoms with Crippen LogP contribution in [0.25, 0.3) is 16.9 Å². The van der Waals surface area contributed by atoms with E-state index in [1.54, 1.807) is 41.8 Å². The number of carbonyl (C=O) groups excluding carboxylic acids is 2. The van der Waals surface area contributed by atoms with E-state index in [0.29, 0.717) is 47.7 Å². The average molecular weight is 619 g/mol. The number of imidazole rings is 1. The van der Waals surface area contributed by atoms with Gasteiger partial charge in [-0.05, 0) is 49.2 Å². The highest BCUT2D eigenvalue weighted by molar-refractivity contribution is 5.96. The van der Waals surface area contributed by atoms with Crippen LogP contribution in [0.3, 0.4) is 0 Å². The number of fused-ring (bicyclic) bond motifs is 1. The summed E-state index contributed by atoms with van der Waals surface area (Å²) in [5.41, 5.74) is 1.46. The molecule has 3 heterocycles. The predicted molar refractivity (Wildman–Crippen MR) is 161 cm³/mol. The lowest BCUT2D eigenvalue weighted by Gasteiger charge is -2.18. The number of nitriles is 1. The molecule has 5 N–H and O–H groups in total. The van der Waals surface area contributed by atoms with Crippen LogP contribution >= 0.6 is 0 Å². The summed E-state index contributed by atoms with van der Waals surface area (Å²) in [5.74, 6) is -2.88. The smallest absolute Gasteiger partial charge is 0.251 e. The van der Waals surface area contributed by atoms with Crippen molar-refractivity contribution in [2.45, 2.75) is 38.3 Å². The van der Waals surface area contributed by atoms with E-state index in [-0.39, 0.29) is 41.9 Å². The Morgan fingerprint density at radius 1 is 1.20 bits per heavy atom. The molecule has 1 fully saturated rings. The van der Waals surface area contributed by atoms with E-state index < -0.39 is 29.9 Å². The minimum Gasteiger partial charge on any atom is -0.476 e. The molecule has 1 aliphatic heterocycles. The number of aryl methyl sites for hydroxylation is 1. The molecule has 2 aromatic carbocycles. The molecule has 14 heteroatoms. The van der Waals surface area contributed by atoms with Crippen LogP contribution in [-0.4, -0.2) is 69.2 Å². The molecule has 2 amide bonds. The molecule has 45 heavy (non-hydrogen) atoms. The summed E-state index contributed by atoms with van der Waals surface area (Å²) < 4.78 is 36.0. The minimum atomic E-state index is -1.21. The van der Waals surface area contributed by atoms with Gasteiger partial charge < -0.3 is 31.1 Å². The topological polar surface area (TPSA) is 166 Å². The van der Waals surface area contributed by atoms with Crippen molar-refractivity contribution in [2.24, 2.45) is 0 Å². The lowest BCUT2D eigenvalue weighted by molar-refractivity contribution is -0.123. The third kappa shape index (κ3) is 6.69. The van der Waals surface area contributed by atoms with Crippen molar-refractivity contribution in [3.63, 3.8) is 0 Å². The summed E-state index contributed by atoms with van der Waals surface area (Å²) in [5, 5.41) is 30.7. The van der Waals surface area contributed by atoms with Gasteiger partial charge >= 0.3 is 0 Å². The third-order valence-corrected chi connectivity index (χ3v) is 7.72. The second-order valence-corrected chi connectivity index (χ2v) is 10.7. The number of β-amino-alcohol motifs (C(OH)–C–C–N with tert-alkyl or cyclic N) is 1. The second kappa shape index (κ2) is 13.2. The molecule has 1 saturated heterocycles. The lowest BCUT2D eigenvalue weighted by Crippen LogP contribution is -2.43. The maximum absolute atomic E-state index is 14.9. The fourth-order valence-electron chi connectivity index (χ4n) is 5.16. The number of carbonyl (C=O) groups is 2. The van der Waals surface area contributed by atoms with E-state index in [1.165, 1.54) is 24.5 Å². The molecule has 0 aliphatic carbocycles. The van der Waals surface area contributed by atoms with E-state index >= 15 is 0 Å². The fraction of sp³-hybridized carbons (Fsp3) is 0.323. The molecule has 0 spiro atoms. The van der Waals surface area contributed by atoms with E-state index in [0.717, 1.165) is 0 Å². The molecule has 234 valence electrons. The van der Waals surface area contributed by atoms with Crippen molar-refractivity contribution >= 4 is 29.0 Å². The van der Waals surface area contributed by atoms with Gasteiger partial charge in [-0.15, -0.1) is 0 Å². The van der Waals surface area contributed by atoms with Gasteiger partial charge in [0, 0.05) is 55.3 Å². The third-order valence-electron chi connectivity index (χ3n) is 7.72. The molecule has 12 nitrogen and oxygen atoms in total. The summed E-state index contributed by atoms with van der Waals surface area (Å²) in [4.78, 5) is 33.9. The fourth-order valence-corrected chi connectivity index (χ4v) is 5.16. The molecule has 0 unspecified atom stereocenters. The Kier molecular flexibility index (Phi) is 9.21. The van der Waals surface area contributed by atoms with Crippen molar-refractivity contribution in [3.8, 4) is 23.1 Å². The summed E-state index contributed by atoms with van der Waals surface area (Å²) in [7, 11) is 0. The van der Waals surface area contributed by atoms with Crippen molar-refractivity contribution < 1.29 is 28.2 Å². The van der Waals surface area contributed by atoms with Gasteiger partial charge in [0.05, 0.1) is 23.5 Å². The number of halogens is 2. The average Bonchev–Trinajstić information content (AvgIpc) is 3.65.